The van der Waals surface area contributed by atoms with Gasteiger partial charge in [0.05, 0.1) is 28.0 Å². The summed E-state index contributed by atoms with van der Waals surface area (Å²) in [4.78, 5) is 10.6. The number of aromatic hydroxyl groups is 1. The average molecular weight is 828 g/mol. The van der Waals surface area contributed by atoms with Crippen molar-refractivity contribution in [1.29, 1.82) is 0 Å². The highest BCUT2D eigenvalue weighted by atomic mass is 16.3. The number of aryl methyl sites for hydroxylation is 2. The van der Waals surface area contributed by atoms with Crippen LogP contribution >= 0.6 is 0 Å². The molecular formula is C60H49N3O. The molecule has 4 nitrogen and oxygen atoms in total. The van der Waals surface area contributed by atoms with E-state index in [1.54, 1.807) is 0 Å². The molecule has 0 unspecified atom stereocenters. The summed E-state index contributed by atoms with van der Waals surface area (Å²) in [6, 6.07) is 68.6. The first-order chi connectivity index (χ1) is 31.1. The Kier molecular flexibility index (Phi) is 10.4. The van der Waals surface area contributed by atoms with Crippen LogP contribution in [0.2, 0.25) is 0 Å². The molecule has 0 saturated heterocycles. The van der Waals surface area contributed by atoms with Crippen molar-refractivity contribution < 1.29 is 5.11 Å². The van der Waals surface area contributed by atoms with Gasteiger partial charge in [0.15, 0.2) is 0 Å². The van der Waals surface area contributed by atoms with E-state index in [9.17, 15) is 5.11 Å². The molecule has 0 saturated carbocycles. The van der Waals surface area contributed by atoms with Gasteiger partial charge in [-0.05, 0) is 129 Å². The summed E-state index contributed by atoms with van der Waals surface area (Å²) >= 11 is 0. The van der Waals surface area contributed by atoms with E-state index in [2.05, 4.69) is 220 Å². The van der Waals surface area contributed by atoms with Crippen LogP contribution in [0.15, 0.2) is 200 Å². The molecule has 0 spiro atoms. The van der Waals surface area contributed by atoms with Crippen molar-refractivity contribution in [3.05, 3.63) is 217 Å². The van der Waals surface area contributed by atoms with E-state index in [1.165, 1.54) is 11.1 Å². The fraction of sp³-hybridized carbons (Fsp3) is 0.100. The van der Waals surface area contributed by atoms with Gasteiger partial charge in [0.1, 0.15) is 11.6 Å². The van der Waals surface area contributed by atoms with E-state index < -0.39 is 0 Å². The number of nitrogens with zero attached hydrogens (tertiary/aromatic N) is 3. The minimum atomic E-state index is -0.153. The van der Waals surface area contributed by atoms with Crippen LogP contribution in [0, 0.1) is 13.8 Å². The molecule has 1 N–H and O–H groups in total. The van der Waals surface area contributed by atoms with Gasteiger partial charge in [-0.2, -0.15) is 0 Å². The van der Waals surface area contributed by atoms with Gasteiger partial charge in [-0.25, -0.2) is 4.98 Å². The summed E-state index contributed by atoms with van der Waals surface area (Å²) in [6.07, 6.45) is 1.91. The van der Waals surface area contributed by atoms with Crippen LogP contribution in [0.25, 0.3) is 95.0 Å². The molecule has 0 atom stereocenters. The van der Waals surface area contributed by atoms with Crippen LogP contribution < -0.4 is 0 Å². The van der Waals surface area contributed by atoms with Crippen LogP contribution in [0.5, 0.6) is 5.75 Å². The predicted octanol–water partition coefficient (Wildman–Crippen LogP) is 15.7. The lowest BCUT2D eigenvalue weighted by atomic mass is 9.84. The summed E-state index contributed by atoms with van der Waals surface area (Å²) in [7, 11) is 0. The Hall–Kier alpha value is -7.82. The number of aromatic nitrogens is 3. The number of hydrogen-bond acceptors (Lipinski definition) is 3. The zero-order valence-corrected chi connectivity index (χ0v) is 36.8. The van der Waals surface area contributed by atoms with Crippen molar-refractivity contribution >= 4 is 11.0 Å². The van der Waals surface area contributed by atoms with Crippen LogP contribution in [0.4, 0.5) is 0 Å². The number of fused-ring (bicyclic) bond motifs is 1. The SMILES string of the molecule is Cc1ccc(-n2c(-c3cc(C(C)(C)C)cc(C)c3O)nc3c(-c4cc(-c5ccccc5)cc(-c5cc(-c6ccc(-c7ccccc7)cc6)ccn5)c4)cccc32)c(-c2ccccc2)c1. The van der Waals surface area contributed by atoms with E-state index in [1.807, 2.05) is 19.2 Å². The molecule has 2 aromatic heterocycles. The van der Waals surface area contributed by atoms with Crippen LogP contribution in [0.3, 0.4) is 0 Å². The third kappa shape index (κ3) is 7.69. The predicted molar refractivity (Wildman–Crippen MR) is 267 cm³/mol. The number of pyridine rings is 1. The monoisotopic (exact) mass is 827 g/mol. The summed E-state index contributed by atoms with van der Waals surface area (Å²) < 4.78 is 2.25. The van der Waals surface area contributed by atoms with Gasteiger partial charge in [-0.3, -0.25) is 9.55 Å². The second kappa shape index (κ2) is 16.5. The molecule has 8 aromatic carbocycles. The smallest absolute Gasteiger partial charge is 0.149 e. The molecule has 2 heterocycles. The lowest BCUT2D eigenvalue weighted by Gasteiger charge is -2.22. The zero-order chi connectivity index (χ0) is 44.0. The van der Waals surface area contributed by atoms with Crippen molar-refractivity contribution in [2.24, 2.45) is 0 Å². The molecule has 310 valence electrons. The Morgan fingerprint density at radius 1 is 0.453 bits per heavy atom. The molecule has 0 fully saturated rings. The highest BCUT2D eigenvalue weighted by molar-refractivity contribution is 5.98. The van der Waals surface area contributed by atoms with Crippen LogP contribution in [0.1, 0.15) is 37.5 Å². The van der Waals surface area contributed by atoms with E-state index in [-0.39, 0.29) is 11.2 Å². The van der Waals surface area contributed by atoms with Crippen molar-refractivity contribution in [2.75, 3.05) is 0 Å². The average Bonchev–Trinajstić information content (AvgIpc) is 3.72. The normalized spacial score (nSPS) is 11.6. The van der Waals surface area contributed by atoms with Gasteiger partial charge < -0.3 is 5.11 Å². The number of phenolic OH excluding ortho intramolecular Hbond substituents is 1. The van der Waals surface area contributed by atoms with E-state index in [0.29, 0.717) is 11.4 Å². The first-order valence-corrected chi connectivity index (χ1v) is 21.9. The number of hydrogen-bond donors (Lipinski definition) is 1. The second-order valence-electron chi connectivity index (χ2n) is 17.8. The summed E-state index contributed by atoms with van der Waals surface area (Å²) in [6.45, 7) is 10.7. The molecule has 0 radical (unpaired) electrons. The lowest BCUT2D eigenvalue weighted by Crippen LogP contribution is -2.12. The molecule has 0 aliphatic carbocycles. The number of benzene rings is 8. The first kappa shape index (κ1) is 40.3. The summed E-state index contributed by atoms with van der Waals surface area (Å²) in [5.74, 6) is 0.913. The number of rotatable bonds is 8. The van der Waals surface area contributed by atoms with Gasteiger partial charge in [0.2, 0.25) is 0 Å². The van der Waals surface area contributed by atoms with E-state index >= 15 is 0 Å². The molecule has 10 rings (SSSR count). The van der Waals surface area contributed by atoms with Gasteiger partial charge in [0.25, 0.3) is 0 Å². The molecule has 4 heteroatoms. The number of para-hydroxylation sites is 1. The highest BCUT2D eigenvalue weighted by Crippen LogP contribution is 2.44. The zero-order valence-electron chi connectivity index (χ0n) is 36.8. The number of phenols is 1. The molecule has 0 aliphatic rings. The Balaban J connectivity index is 1.19. The molecule has 0 amide bonds. The van der Waals surface area contributed by atoms with Crippen molar-refractivity contribution in [3.8, 4) is 89.7 Å². The van der Waals surface area contributed by atoms with Crippen molar-refractivity contribution in [1.82, 2.24) is 14.5 Å². The van der Waals surface area contributed by atoms with Gasteiger partial charge in [0, 0.05) is 22.9 Å². The van der Waals surface area contributed by atoms with Gasteiger partial charge in [-0.1, -0.05) is 166 Å². The fourth-order valence-corrected chi connectivity index (χ4v) is 8.82. The van der Waals surface area contributed by atoms with E-state index in [4.69, 9.17) is 9.97 Å². The Bertz CT molecular complexity index is 3310. The Morgan fingerprint density at radius 2 is 1.05 bits per heavy atom. The van der Waals surface area contributed by atoms with Crippen LogP contribution in [-0.4, -0.2) is 19.6 Å². The number of imidazole rings is 1. The summed E-state index contributed by atoms with van der Waals surface area (Å²) in [5, 5.41) is 12.0. The van der Waals surface area contributed by atoms with Crippen molar-refractivity contribution in [2.45, 2.75) is 40.0 Å². The molecule has 64 heavy (non-hydrogen) atoms. The maximum atomic E-state index is 12.0. The molecule has 0 bridgehead atoms. The largest absolute Gasteiger partial charge is 0.507 e. The first-order valence-electron chi connectivity index (χ1n) is 21.9. The van der Waals surface area contributed by atoms with Crippen LogP contribution in [-0.2, 0) is 5.41 Å². The fourth-order valence-electron chi connectivity index (χ4n) is 8.82. The standard InChI is InChI=1S/C60H49N3O/c1-39-24-29-55(52(32-39)45-20-13-8-14-21-45)63-56-23-15-22-51(57(56)62-59(63)53-38-50(60(3,4)5)33-40(2)58(53)64)48-34-47(42-18-11-7-12-19-42)35-49(36-48)54-37-46(30-31-61-54)44-27-25-43(26-28-44)41-16-9-6-10-17-41/h6-38,64H,1-5H3. The van der Waals surface area contributed by atoms with Gasteiger partial charge in [-0.15, -0.1) is 0 Å². The highest BCUT2D eigenvalue weighted by Gasteiger charge is 2.25. The second-order valence-corrected chi connectivity index (χ2v) is 17.8. The maximum Gasteiger partial charge on any atom is 0.149 e. The molecule has 0 aliphatic heterocycles. The molecular weight excluding hydrogens is 779 g/mol. The molecule has 10 aromatic rings. The third-order valence-corrected chi connectivity index (χ3v) is 12.3. The maximum absolute atomic E-state index is 12.0. The van der Waals surface area contributed by atoms with Gasteiger partial charge >= 0.3 is 0 Å². The lowest BCUT2D eigenvalue weighted by molar-refractivity contribution is 0.471. The Morgan fingerprint density at radius 3 is 1.72 bits per heavy atom. The summed E-state index contributed by atoms with van der Waals surface area (Å²) in [5.41, 5.74) is 19.3. The minimum absolute atomic E-state index is 0.153. The Labute approximate surface area is 375 Å². The topological polar surface area (TPSA) is 50.9 Å². The minimum Gasteiger partial charge on any atom is -0.507 e. The van der Waals surface area contributed by atoms with Crippen molar-refractivity contribution in [3.63, 3.8) is 0 Å². The third-order valence-electron chi connectivity index (χ3n) is 12.3. The van der Waals surface area contributed by atoms with E-state index in [0.717, 1.165) is 89.2 Å². The quantitative estimate of drug-likeness (QED) is 0.166.